The predicted molar refractivity (Wildman–Crippen MR) is 83.4 cm³/mol. The molecule has 2 aromatic carbocycles. The largest absolute Gasteiger partial charge is 0.507 e. The molecule has 1 aliphatic carbocycles. The maximum atomic E-state index is 12.7. The molecule has 0 heterocycles. The molecule has 2 N–H and O–H groups in total. The molecular weight excluding hydrogens is 350 g/mol. The van der Waals surface area contributed by atoms with Crippen molar-refractivity contribution in [2.75, 3.05) is 5.32 Å². The minimum atomic E-state index is -0.443. The van der Waals surface area contributed by atoms with Crippen molar-refractivity contribution in [1.29, 1.82) is 0 Å². The highest BCUT2D eigenvalue weighted by Gasteiger charge is 2.35. The summed E-state index contributed by atoms with van der Waals surface area (Å²) in [6.45, 7) is 1.30. The molecule has 6 heteroatoms. The summed E-state index contributed by atoms with van der Waals surface area (Å²) in [5.74, 6) is -1.54. The van der Waals surface area contributed by atoms with Gasteiger partial charge in [0, 0.05) is 22.5 Å². The van der Waals surface area contributed by atoms with Gasteiger partial charge in [0.1, 0.15) is 5.75 Å². The summed E-state index contributed by atoms with van der Waals surface area (Å²) < 4.78 is 0.333. The number of benzene rings is 2. The maximum absolute atomic E-state index is 12.7. The van der Waals surface area contributed by atoms with Crippen LogP contribution in [0.25, 0.3) is 0 Å². The summed E-state index contributed by atoms with van der Waals surface area (Å²) in [7, 11) is 0. The quantitative estimate of drug-likeness (QED) is 0.654. The molecular formula is C16H10BrNO4. The van der Waals surface area contributed by atoms with Gasteiger partial charge in [-0.3, -0.25) is 14.4 Å². The van der Waals surface area contributed by atoms with Gasteiger partial charge in [-0.05, 0) is 22.0 Å². The van der Waals surface area contributed by atoms with Crippen molar-refractivity contribution in [2.24, 2.45) is 0 Å². The second kappa shape index (κ2) is 5.06. The van der Waals surface area contributed by atoms with Crippen molar-refractivity contribution < 1.29 is 19.5 Å². The minimum absolute atomic E-state index is 0.00535. The van der Waals surface area contributed by atoms with Crippen LogP contribution < -0.4 is 5.32 Å². The Kier molecular flexibility index (Phi) is 3.33. The second-order valence-corrected chi connectivity index (χ2v) is 5.74. The van der Waals surface area contributed by atoms with Gasteiger partial charge in [-0.15, -0.1) is 0 Å². The summed E-state index contributed by atoms with van der Waals surface area (Å²) in [6.07, 6.45) is 0. The van der Waals surface area contributed by atoms with E-state index in [-0.39, 0.29) is 39.6 Å². The smallest absolute Gasteiger partial charge is 0.221 e. The Labute approximate surface area is 134 Å². The maximum Gasteiger partial charge on any atom is 0.221 e. The first-order valence-electron chi connectivity index (χ1n) is 6.43. The van der Waals surface area contributed by atoms with E-state index in [1.54, 1.807) is 18.2 Å². The van der Waals surface area contributed by atoms with Crippen molar-refractivity contribution in [3.8, 4) is 5.75 Å². The Morgan fingerprint density at radius 3 is 2.18 bits per heavy atom. The summed E-state index contributed by atoms with van der Waals surface area (Å²) in [5, 5.41) is 12.6. The molecule has 0 bridgehead atoms. The first-order chi connectivity index (χ1) is 10.4. The third-order valence-electron chi connectivity index (χ3n) is 3.43. The van der Waals surface area contributed by atoms with Gasteiger partial charge in [0.15, 0.2) is 11.6 Å². The Morgan fingerprint density at radius 2 is 1.64 bits per heavy atom. The first kappa shape index (κ1) is 14.5. The summed E-state index contributed by atoms with van der Waals surface area (Å²) in [4.78, 5) is 36.7. The third-order valence-corrected chi connectivity index (χ3v) is 4.06. The second-order valence-electron chi connectivity index (χ2n) is 4.89. The van der Waals surface area contributed by atoms with Crippen LogP contribution in [0.15, 0.2) is 34.8 Å². The molecule has 0 atom stereocenters. The van der Waals surface area contributed by atoms with E-state index in [0.29, 0.717) is 4.47 Å². The minimum Gasteiger partial charge on any atom is -0.507 e. The summed E-state index contributed by atoms with van der Waals surface area (Å²) in [5.41, 5.74) is 0.602. The lowest BCUT2D eigenvalue weighted by Crippen LogP contribution is -2.23. The molecule has 3 rings (SSSR count). The molecule has 0 saturated carbocycles. The molecule has 1 aliphatic rings. The fraction of sp³-hybridized carbons (Fsp3) is 0.0625. The van der Waals surface area contributed by atoms with Gasteiger partial charge in [-0.2, -0.15) is 0 Å². The van der Waals surface area contributed by atoms with Crippen LogP contribution in [-0.4, -0.2) is 22.6 Å². The Hall–Kier alpha value is -2.47. The average Bonchev–Trinajstić information content (AvgIpc) is 2.47. The number of phenols is 1. The molecule has 0 fully saturated rings. The fourth-order valence-electron chi connectivity index (χ4n) is 2.54. The number of carbonyl (C=O) groups excluding carboxylic acids is 3. The van der Waals surface area contributed by atoms with E-state index in [1.165, 1.54) is 19.1 Å². The van der Waals surface area contributed by atoms with Gasteiger partial charge in [-0.25, -0.2) is 0 Å². The van der Waals surface area contributed by atoms with Crippen molar-refractivity contribution in [3.63, 3.8) is 0 Å². The number of carbonyl (C=O) groups is 3. The van der Waals surface area contributed by atoms with E-state index in [9.17, 15) is 19.5 Å². The van der Waals surface area contributed by atoms with Gasteiger partial charge < -0.3 is 10.4 Å². The predicted octanol–water partition coefficient (Wildman–Crippen LogP) is 2.89. The molecule has 2 aromatic rings. The average molecular weight is 360 g/mol. The van der Waals surface area contributed by atoms with E-state index >= 15 is 0 Å². The van der Waals surface area contributed by atoms with Gasteiger partial charge in [0.05, 0.1) is 16.8 Å². The van der Waals surface area contributed by atoms with Crippen LogP contribution in [0.4, 0.5) is 5.69 Å². The molecule has 110 valence electrons. The number of anilines is 1. The SMILES string of the molecule is CC(=O)Nc1c(Br)cc(O)c2c1C(=O)c1ccccc1C2=O. The van der Waals surface area contributed by atoms with Crippen LogP contribution in [0.2, 0.25) is 0 Å². The molecule has 0 saturated heterocycles. The number of hydrogen-bond donors (Lipinski definition) is 2. The number of hydrogen-bond acceptors (Lipinski definition) is 4. The Morgan fingerprint density at radius 1 is 1.09 bits per heavy atom. The number of rotatable bonds is 1. The molecule has 0 radical (unpaired) electrons. The molecule has 0 aromatic heterocycles. The molecule has 5 nitrogen and oxygen atoms in total. The van der Waals surface area contributed by atoms with E-state index in [2.05, 4.69) is 21.2 Å². The van der Waals surface area contributed by atoms with Crippen LogP contribution in [0, 0.1) is 0 Å². The molecule has 1 amide bonds. The van der Waals surface area contributed by atoms with E-state index in [0.717, 1.165) is 0 Å². The lowest BCUT2D eigenvalue weighted by atomic mass is 9.82. The zero-order valence-corrected chi connectivity index (χ0v) is 13.0. The van der Waals surface area contributed by atoms with Crippen LogP contribution >= 0.6 is 15.9 Å². The number of phenolic OH excluding ortho intramolecular Hbond substituents is 1. The summed E-state index contributed by atoms with van der Waals surface area (Å²) >= 11 is 3.20. The normalized spacial score (nSPS) is 12.6. The number of fused-ring (bicyclic) bond motifs is 2. The van der Waals surface area contributed by atoms with Gasteiger partial charge in [0.25, 0.3) is 0 Å². The highest BCUT2D eigenvalue weighted by atomic mass is 79.9. The standard InChI is InChI=1S/C16H10BrNO4/c1-7(19)18-14-10(17)6-11(20)12-13(14)16(22)9-5-3-2-4-8(9)15(12)21/h2-6,20H,1H3,(H,18,19). The number of amides is 1. The number of halogens is 1. The van der Waals surface area contributed by atoms with Crippen molar-refractivity contribution in [2.45, 2.75) is 6.92 Å². The van der Waals surface area contributed by atoms with E-state index in [1.807, 2.05) is 0 Å². The Balaban J connectivity index is 2.36. The molecule has 0 unspecified atom stereocenters. The molecule has 22 heavy (non-hydrogen) atoms. The van der Waals surface area contributed by atoms with Gasteiger partial charge in [-0.1, -0.05) is 24.3 Å². The van der Waals surface area contributed by atoms with Crippen molar-refractivity contribution >= 4 is 39.1 Å². The van der Waals surface area contributed by atoms with Crippen LogP contribution in [0.5, 0.6) is 5.75 Å². The van der Waals surface area contributed by atoms with Crippen LogP contribution in [0.3, 0.4) is 0 Å². The third kappa shape index (κ3) is 2.03. The topological polar surface area (TPSA) is 83.5 Å². The van der Waals surface area contributed by atoms with Gasteiger partial charge in [0.2, 0.25) is 5.91 Å². The zero-order chi connectivity index (χ0) is 16.0. The molecule has 0 spiro atoms. The number of aromatic hydroxyl groups is 1. The lowest BCUT2D eigenvalue weighted by Gasteiger charge is -2.22. The van der Waals surface area contributed by atoms with Crippen molar-refractivity contribution in [1.82, 2.24) is 0 Å². The first-order valence-corrected chi connectivity index (χ1v) is 7.22. The zero-order valence-electron chi connectivity index (χ0n) is 11.4. The monoisotopic (exact) mass is 359 g/mol. The van der Waals surface area contributed by atoms with Gasteiger partial charge >= 0.3 is 0 Å². The highest BCUT2D eigenvalue weighted by Crippen LogP contribution is 2.41. The van der Waals surface area contributed by atoms with Crippen molar-refractivity contribution in [3.05, 3.63) is 57.1 Å². The number of ketones is 2. The van der Waals surface area contributed by atoms with E-state index < -0.39 is 11.6 Å². The van der Waals surface area contributed by atoms with Crippen LogP contribution in [0.1, 0.15) is 38.8 Å². The molecule has 0 aliphatic heterocycles. The fourth-order valence-corrected chi connectivity index (χ4v) is 3.05. The van der Waals surface area contributed by atoms with E-state index in [4.69, 9.17) is 0 Å². The van der Waals surface area contributed by atoms with Crippen LogP contribution in [-0.2, 0) is 4.79 Å². The lowest BCUT2D eigenvalue weighted by molar-refractivity contribution is -0.114. The Bertz CT molecular complexity index is 857. The summed E-state index contributed by atoms with van der Waals surface area (Å²) in [6, 6.07) is 7.69. The number of nitrogens with one attached hydrogen (secondary N) is 1. The highest BCUT2D eigenvalue weighted by molar-refractivity contribution is 9.10.